The largest absolute Gasteiger partial charge is 0.872 e. The average molecular weight is 589 g/mol. The molecule has 0 aromatic heterocycles. The molecule has 1 N–H and O–H groups in total. The van der Waals surface area contributed by atoms with Gasteiger partial charge in [0.05, 0.1) is 53.6 Å². The first-order valence-electron chi connectivity index (χ1n) is 14.4. The number of nitrogens with one attached hydrogen (secondary N) is 1. The zero-order chi connectivity index (χ0) is 31.1. The van der Waals surface area contributed by atoms with Gasteiger partial charge in [0.25, 0.3) is 5.91 Å². The Labute approximate surface area is 253 Å². The monoisotopic (exact) mass is 588 g/mol. The molecule has 3 aromatic carbocycles. The second-order valence-electron chi connectivity index (χ2n) is 10.4. The highest BCUT2D eigenvalue weighted by Crippen LogP contribution is 2.45. The number of carbonyl (C=O) groups is 2. The molecule has 1 heterocycles. The van der Waals surface area contributed by atoms with Crippen molar-refractivity contribution in [3.63, 3.8) is 0 Å². The van der Waals surface area contributed by atoms with Gasteiger partial charge in [0.15, 0.2) is 11.5 Å². The fraction of sp³-hybridized carbons (Fsp3) is 0.353. The summed E-state index contributed by atoms with van der Waals surface area (Å²) in [5, 5.41) is 14.1. The zero-order valence-corrected chi connectivity index (χ0v) is 25.7. The van der Waals surface area contributed by atoms with Crippen LogP contribution in [0.4, 0.5) is 0 Å². The Kier molecular flexibility index (Phi) is 10.3. The Morgan fingerprint density at radius 2 is 1.53 bits per heavy atom. The predicted octanol–water partition coefficient (Wildman–Crippen LogP) is 2.75. The standard InChI is InChI=1S/C34H40N2O7/c1-7-35(8-2)16-17-36-30(25-19-27(40-4)33(42-6)28(20-25)41-5)29(32(38)34(36)39)31(37)24-14-15-26(22(3)18-24)43-21-23-12-10-9-11-13-23/h9-15,18-20,30,37H,7-8,16-17,21H2,1-6H3/b31-29+. The van der Waals surface area contributed by atoms with Crippen LogP contribution in [0.2, 0.25) is 0 Å². The topological polar surface area (TPSA) is 102 Å². The number of ketones is 1. The van der Waals surface area contributed by atoms with Gasteiger partial charge < -0.3 is 33.9 Å². The van der Waals surface area contributed by atoms with Crippen LogP contribution in [-0.4, -0.2) is 64.1 Å². The molecule has 1 aliphatic heterocycles. The molecule has 3 aromatic rings. The van der Waals surface area contributed by atoms with E-state index < -0.39 is 23.5 Å². The molecule has 4 rings (SSSR count). The second kappa shape index (κ2) is 14.1. The molecule has 43 heavy (non-hydrogen) atoms. The third-order valence-corrected chi connectivity index (χ3v) is 7.91. The Morgan fingerprint density at radius 3 is 2.09 bits per heavy atom. The second-order valence-corrected chi connectivity index (χ2v) is 10.4. The highest BCUT2D eigenvalue weighted by molar-refractivity contribution is 6.46. The highest BCUT2D eigenvalue weighted by atomic mass is 16.5. The minimum Gasteiger partial charge on any atom is -0.872 e. The lowest BCUT2D eigenvalue weighted by molar-refractivity contribution is -0.895. The maximum Gasteiger partial charge on any atom is 0.295 e. The van der Waals surface area contributed by atoms with Crippen LogP contribution in [-0.2, 0) is 16.2 Å². The minimum absolute atomic E-state index is 0.105. The van der Waals surface area contributed by atoms with Crippen molar-refractivity contribution in [2.24, 2.45) is 0 Å². The van der Waals surface area contributed by atoms with Gasteiger partial charge in [-0.05, 0) is 67.3 Å². The van der Waals surface area contributed by atoms with E-state index in [-0.39, 0.29) is 5.57 Å². The molecule has 1 fully saturated rings. The molecule has 1 unspecified atom stereocenters. The number of rotatable bonds is 13. The quantitative estimate of drug-likeness (QED) is 0.186. The van der Waals surface area contributed by atoms with Gasteiger partial charge in [-0.3, -0.25) is 9.59 Å². The van der Waals surface area contributed by atoms with Crippen molar-refractivity contribution < 1.29 is 38.5 Å². The Morgan fingerprint density at radius 1 is 0.884 bits per heavy atom. The van der Waals surface area contributed by atoms with Crippen LogP contribution < -0.4 is 29.0 Å². The van der Waals surface area contributed by atoms with Crippen LogP contribution in [0.5, 0.6) is 23.0 Å². The SMILES string of the molecule is CC[NH+](CC)CCN1C(=O)C(=O)/C(=C(/[O-])c2ccc(OCc3ccccc3)c(C)c2)C1c1cc(OC)c(OC)c(OC)c1. The summed E-state index contributed by atoms with van der Waals surface area (Å²) in [6.45, 7) is 9.03. The van der Waals surface area contributed by atoms with E-state index in [0.717, 1.165) is 24.2 Å². The molecule has 0 aliphatic carbocycles. The van der Waals surface area contributed by atoms with Crippen LogP contribution in [0.1, 0.15) is 42.1 Å². The fourth-order valence-electron chi connectivity index (χ4n) is 5.43. The molecule has 9 nitrogen and oxygen atoms in total. The van der Waals surface area contributed by atoms with Gasteiger partial charge >= 0.3 is 0 Å². The number of aryl methyl sites for hydroxylation is 1. The molecule has 0 bridgehead atoms. The summed E-state index contributed by atoms with van der Waals surface area (Å²) in [5.74, 6) is -0.288. The van der Waals surface area contributed by atoms with Crippen molar-refractivity contribution in [2.45, 2.75) is 33.4 Å². The van der Waals surface area contributed by atoms with E-state index in [4.69, 9.17) is 18.9 Å². The van der Waals surface area contributed by atoms with E-state index >= 15 is 0 Å². The first kappa shape index (κ1) is 31.4. The van der Waals surface area contributed by atoms with Crippen molar-refractivity contribution >= 4 is 17.4 Å². The predicted molar refractivity (Wildman–Crippen MR) is 161 cm³/mol. The maximum absolute atomic E-state index is 14.1. The third kappa shape index (κ3) is 6.62. The summed E-state index contributed by atoms with van der Waals surface area (Å²) in [6, 6.07) is 17.3. The fourth-order valence-corrected chi connectivity index (χ4v) is 5.43. The summed E-state index contributed by atoms with van der Waals surface area (Å²) in [4.78, 5) is 29.8. The highest BCUT2D eigenvalue weighted by Gasteiger charge is 2.45. The van der Waals surface area contributed by atoms with Crippen molar-refractivity contribution in [1.82, 2.24) is 4.90 Å². The minimum atomic E-state index is -0.925. The number of quaternary nitrogens is 1. The van der Waals surface area contributed by atoms with E-state index in [2.05, 4.69) is 13.8 Å². The molecular weight excluding hydrogens is 548 g/mol. The number of Topliss-reactive ketones (excluding diaryl/α,β-unsaturated/α-hetero) is 1. The van der Waals surface area contributed by atoms with Crippen molar-refractivity contribution in [2.75, 3.05) is 47.5 Å². The zero-order valence-electron chi connectivity index (χ0n) is 25.7. The molecule has 0 saturated carbocycles. The third-order valence-electron chi connectivity index (χ3n) is 7.91. The van der Waals surface area contributed by atoms with Crippen LogP contribution in [0.25, 0.3) is 5.76 Å². The van der Waals surface area contributed by atoms with E-state index in [9.17, 15) is 14.7 Å². The number of benzene rings is 3. The van der Waals surface area contributed by atoms with E-state index in [1.807, 2.05) is 37.3 Å². The number of methoxy groups -OCH3 is 3. The molecule has 0 spiro atoms. The number of nitrogens with zero attached hydrogens (tertiary/aromatic N) is 1. The Bertz CT molecular complexity index is 1460. The van der Waals surface area contributed by atoms with Crippen molar-refractivity contribution in [3.05, 3.63) is 88.5 Å². The molecule has 1 aliphatic rings. The van der Waals surface area contributed by atoms with Crippen LogP contribution in [0.15, 0.2) is 66.2 Å². The Balaban J connectivity index is 1.79. The van der Waals surface area contributed by atoms with Gasteiger partial charge in [0.1, 0.15) is 12.4 Å². The first-order chi connectivity index (χ1) is 20.8. The lowest BCUT2D eigenvalue weighted by atomic mass is 9.94. The maximum atomic E-state index is 14.1. The van der Waals surface area contributed by atoms with Crippen LogP contribution >= 0.6 is 0 Å². The lowest BCUT2D eigenvalue weighted by Gasteiger charge is -2.29. The molecule has 1 amide bonds. The number of likely N-dealkylation sites (tertiary alicyclic amines) is 1. The van der Waals surface area contributed by atoms with Crippen molar-refractivity contribution in [3.8, 4) is 23.0 Å². The molecule has 228 valence electrons. The van der Waals surface area contributed by atoms with Gasteiger partial charge in [-0.25, -0.2) is 0 Å². The molecule has 0 radical (unpaired) electrons. The van der Waals surface area contributed by atoms with Gasteiger partial charge in [-0.1, -0.05) is 42.2 Å². The van der Waals surface area contributed by atoms with Gasteiger partial charge in [0, 0.05) is 5.57 Å². The first-order valence-corrected chi connectivity index (χ1v) is 14.4. The number of hydrogen-bond acceptors (Lipinski definition) is 7. The number of carbonyl (C=O) groups excluding carboxylic acids is 2. The van der Waals surface area contributed by atoms with Crippen LogP contribution in [0, 0.1) is 6.92 Å². The number of ether oxygens (including phenoxy) is 4. The van der Waals surface area contributed by atoms with Crippen molar-refractivity contribution in [1.29, 1.82) is 0 Å². The average Bonchev–Trinajstić information content (AvgIpc) is 3.29. The Hall–Kier alpha value is -4.50. The van der Waals surface area contributed by atoms with Gasteiger partial charge in [0.2, 0.25) is 11.5 Å². The summed E-state index contributed by atoms with van der Waals surface area (Å²) in [6.07, 6.45) is 0. The summed E-state index contributed by atoms with van der Waals surface area (Å²) in [5.41, 5.74) is 2.48. The molecule has 1 saturated heterocycles. The summed E-state index contributed by atoms with van der Waals surface area (Å²) in [7, 11) is 4.49. The van der Waals surface area contributed by atoms with Gasteiger partial charge in [-0.2, -0.15) is 0 Å². The summed E-state index contributed by atoms with van der Waals surface area (Å²) >= 11 is 0. The normalized spacial score (nSPS) is 16.1. The van der Waals surface area contributed by atoms with Crippen LogP contribution in [0.3, 0.4) is 0 Å². The van der Waals surface area contributed by atoms with E-state index in [1.54, 1.807) is 30.3 Å². The van der Waals surface area contributed by atoms with E-state index in [1.165, 1.54) is 31.1 Å². The number of likely N-dealkylation sites (N-methyl/N-ethyl adjacent to an activating group) is 1. The van der Waals surface area contributed by atoms with Gasteiger partial charge in [-0.15, -0.1) is 0 Å². The number of amides is 1. The summed E-state index contributed by atoms with van der Waals surface area (Å²) < 4.78 is 22.6. The molecular formula is C34H40N2O7. The molecule has 9 heteroatoms. The van der Waals surface area contributed by atoms with E-state index in [0.29, 0.717) is 53.8 Å². The smallest absolute Gasteiger partial charge is 0.295 e. The lowest BCUT2D eigenvalue weighted by Crippen LogP contribution is -3.12. The number of hydrogen-bond donors (Lipinski definition) is 1. The molecule has 1 atom stereocenters.